The van der Waals surface area contributed by atoms with Gasteiger partial charge in [0, 0.05) is 18.1 Å². The number of methoxy groups -OCH3 is 1. The van der Waals surface area contributed by atoms with E-state index in [0.29, 0.717) is 17.7 Å². The summed E-state index contributed by atoms with van der Waals surface area (Å²) in [4.78, 5) is 23.3. The highest BCUT2D eigenvalue weighted by molar-refractivity contribution is 5.96. The summed E-state index contributed by atoms with van der Waals surface area (Å²) in [6.45, 7) is 1.81. The normalized spacial score (nSPS) is 10.5. The molecule has 2 aromatic carbocycles. The van der Waals surface area contributed by atoms with Gasteiger partial charge in [0.25, 0.3) is 0 Å². The lowest BCUT2D eigenvalue weighted by Gasteiger charge is -2.03. The maximum atomic E-state index is 11.8. The average molecular weight is 310 g/mol. The molecule has 0 spiro atoms. The number of carbonyl (C=O) groups excluding carboxylic acids is 2. The number of esters is 1. The van der Waals surface area contributed by atoms with Crippen LogP contribution in [0.2, 0.25) is 0 Å². The van der Waals surface area contributed by atoms with E-state index in [-0.39, 0.29) is 5.78 Å². The van der Waals surface area contributed by atoms with E-state index in [1.54, 1.807) is 44.4 Å². The van der Waals surface area contributed by atoms with Crippen LogP contribution in [0.15, 0.2) is 54.6 Å². The van der Waals surface area contributed by atoms with E-state index < -0.39 is 5.97 Å². The molecular weight excluding hydrogens is 292 g/mol. The van der Waals surface area contributed by atoms with E-state index in [2.05, 4.69) is 0 Å². The largest absolute Gasteiger partial charge is 0.497 e. The van der Waals surface area contributed by atoms with Crippen LogP contribution in [0.25, 0.3) is 6.08 Å². The van der Waals surface area contributed by atoms with Crippen molar-refractivity contribution in [2.75, 3.05) is 7.11 Å². The molecule has 4 heteroatoms. The summed E-state index contributed by atoms with van der Waals surface area (Å²) in [6, 6.07) is 13.8. The van der Waals surface area contributed by atoms with Crippen molar-refractivity contribution in [1.29, 1.82) is 0 Å². The number of hydrogen-bond donors (Lipinski definition) is 0. The summed E-state index contributed by atoms with van der Waals surface area (Å²) in [5.41, 5.74) is 1.48. The summed E-state index contributed by atoms with van der Waals surface area (Å²) in [6.07, 6.45) is 3.47. The van der Waals surface area contributed by atoms with E-state index in [0.717, 1.165) is 11.3 Å². The van der Waals surface area contributed by atoms with Gasteiger partial charge < -0.3 is 9.47 Å². The molecule has 0 N–H and O–H groups in total. The lowest BCUT2D eigenvalue weighted by atomic mass is 10.1. The Kier molecular flexibility index (Phi) is 5.69. The zero-order valence-electron chi connectivity index (χ0n) is 13.1. The third-order valence-electron chi connectivity index (χ3n) is 3.24. The first-order valence-electron chi connectivity index (χ1n) is 7.29. The number of Topliss-reactive ketones (excluding diaryl/α,β-unsaturated/α-hetero) is 1. The third-order valence-corrected chi connectivity index (χ3v) is 3.24. The highest BCUT2D eigenvalue weighted by atomic mass is 16.5. The van der Waals surface area contributed by atoms with Gasteiger partial charge in [-0.05, 0) is 48.0 Å². The van der Waals surface area contributed by atoms with Crippen LogP contribution in [0.5, 0.6) is 11.5 Å². The van der Waals surface area contributed by atoms with Crippen LogP contribution in [-0.2, 0) is 4.79 Å². The molecule has 0 unspecified atom stereocenters. The van der Waals surface area contributed by atoms with E-state index >= 15 is 0 Å². The van der Waals surface area contributed by atoms with Gasteiger partial charge in [-0.25, -0.2) is 4.79 Å². The van der Waals surface area contributed by atoms with Crippen LogP contribution in [0, 0.1) is 0 Å². The molecule has 0 saturated heterocycles. The Balaban J connectivity index is 1.95. The molecule has 4 nitrogen and oxygen atoms in total. The van der Waals surface area contributed by atoms with Gasteiger partial charge in [-0.2, -0.15) is 0 Å². The molecule has 0 aliphatic rings. The predicted octanol–water partition coefficient (Wildman–Crippen LogP) is 3.91. The van der Waals surface area contributed by atoms with Crippen LogP contribution >= 0.6 is 0 Å². The molecule has 0 heterocycles. The van der Waals surface area contributed by atoms with Crippen molar-refractivity contribution in [3.8, 4) is 11.5 Å². The lowest BCUT2D eigenvalue weighted by molar-refractivity contribution is -0.128. The molecule has 23 heavy (non-hydrogen) atoms. The van der Waals surface area contributed by atoms with Crippen LogP contribution in [0.3, 0.4) is 0 Å². The van der Waals surface area contributed by atoms with Crippen LogP contribution in [-0.4, -0.2) is 18.9 Å². The van der Waals surface area contributed by atoms with Crippen molar-refractivity contribution >= 4 is 17.8 Å². The Labute approximate surface area is 135 Å². The average Bonchev–Trinajstić information content (AvgIpc) is 2.60. The monoisotopic (exact) mass is 310 g/mol. The van der Waals surface area contributed by atoms with Gasteiger partial charge in [-0.15, -0.1) is 0 Å². The molecule has 118 valence electrons. The molecule has 2 aromatic rings. The molecule has 0 atom stereocenters. The summed E-state index contributed by atoms with van der Waals surface area (Å²) in [5.74, 6) is 0.742. The smallest absolute Gasteiger partial charge is 0.336 e. The highest BCUT2D eigenvalue weighted by Crippen LogP contribution is 2.15. The fourth-order valence-electron chi connectivity index (χ4n) is 1.94. The van der Waals surface area contributed by atoms with Crippen molar-refractivity contribution in [2.24, 2.45) is 0 Å². The van der Waals surface area contributed by atoms with Gasteiger partial charge in [-0.3, -0.25) is 4.79 Å². The van der Waals surface area contributed by atoms with Crippen molar-refractivity contribution in [3.63, 3.8) is 0 Å². The first-order chi connectivity index (χ1) is 11.1. The number of benzene rings is 2. The van der Waals surface area contributed by atoms with Crippen LogP contribution < -0.4 is 9.47 Å². The first kappa shape index (κ1) is 16.5. The minimum absolute atomic E-state index is 0.0577. The van der Waals surface area contributed by atoms with Crippen molar-refractivity contribution in [2.45, 2.75) is 13.3 Å². The first-order valence-corrected chi connectivity index (χ1v) is 7.29. The maximum Gasteiger partial charge on any atom is 0.336 e. The Morgan fingerprint density at radius 1 is 0.957 bits per heavy atom. The number of ether oxygens (including phenoxy) is 2. The molecular formula is C19H18O4. The van der Waals surface area contributed by atoms with Crippen molar-refractivity contribution < 1.29 is 19.1 Å². The molecule has 0 saturated carbocycles. The number of ketones is 1. The fraction of sp³-hybridized carbons (Fsp3) is 0.158. The Bertz CT molecular complexity index is 697. The minimum Gasteiger partial charge on any atom is -0.497 e. The number of rotatable bonds is 6. The van der Waals surface area contributed by atoms with E-state index in [1.807, 2.05) is 24.3 Å². The summed E-state index contributed by atoms with van der Waals surface area (Å²) >= 11 is 0. The molecule has 0 aromatic heterocycles. The topological polar surface area (TPSA) is 52.6 Å². The lowest BCUT2D eigenvalue weighted by Crippen LogP contribution is -2.04. The van der Waals surface area contributed by atoms with Gasteiger partial charge in [0.05, 0.1) is 7.11 Å². The third kappa shape index (κ3) is 4.81. The quantitative estimate of drug-likeness (QED) is 0.351. The van der Waals surface area contributed by atoms with E-state index in [1.165, 1.54) is 6.08 Å². The second kappa shape index (κ2) is 7.94. The number of carbonyl (C=O) groups is 2. The van der Waals surface area contributed by atoms with Crippen molar-refractivity contribution in [3.05, 3.63) is 65.7 Å². The van der Waals surface area contributed by atoms with Crippen molar-refractivity contribution in [1.82, 2.24) is 0 Å². The summed E-state index contributed by atoms with van der Waals surface area (Å²) in [5, 5.41) is 0. The van der Waals surface area contributed by atoms with Crippen LogP contribution in [0.1, 0.15) is 29.3 Å². The fourth-order valence-corrected chi connectivity index (χ4v) is 1.94. The second-order valence-electron chi connectivity index (χ2n) is 4.83. The van der Waals surface area contributed by atoms with Gasteiger partial charge in [0.2, 0.25) is 0 Å². The Morgan fingerprint density at radius 2 is 1.57 bits per heavy atom. The Hall–Kier alpha value is -2.88. The molecule has 0 amide bonds. The van der Waals surface area contributed by atoms with E-state index in [4.69, 9.17) is 9.47 Å². The zero-order valence-corrected chi connectivity index (χ0v) is 13.1. The molecule has 0 fully saturated rings. The van der Waals surface area contributed by atoms with Gasteiger partial charge in [0.15, 0.2) is 5.78 Å². The van der Waals surface area contributed by atoms with Gasteiger partial charge >= 0.3 is 5.97 Å². The SMILES string of the molecule is CCC(=O)c1ccc(OC(=O)C=Cc2ccc(OC)cc2)cc1. The minimum atomic E-state index is -0.476. The standard InChI is InChI=1S/C19H18O4/c1-3-18(20)15-7-11-17(12-8-15)23-19(21)13-6-14-4-9-16(22-2)10-5-14/h4-13H,3H2,1-2H3. The predicted molar refractivity (Wildman–Crippen MR) is 88.7 cm³/mol. The zero-order chi connectivity index (χ0) is 16.7. The van der Waals surface area contributed by atoms with E-state index in [9.17, 15) is 9.59 Å². The van der Waals surface area contributed by atoms with Gasteiger partial charge in [-0.1, -0.05) is 19.1 Å². The molecule has 0 aliphatic heterocycles. The summed E-state index contributed by atoms with van der Waals surface area (Å²) < 4.78 is 10.3. The maximum absolute atomic E-state index is 11.8. The number of hydrogen-bond acceptors (Lipinski definition) is 4. The Morgan fingerprint density at radius 3 is 2.13 bits per heavy atom. The molecule has 2 rings (SSSR count). The highest BCUT2D eigenvalue weighted by Gasteiger charge is 2.04. The van der Waals surface area contributed by atoms with Crippen LogP contribution in [0.4, 0.5) is 0 Å². The summed E-state index contributed by atoms with van der Waals surface area (Å²) in [7, 11) is 1.60. The molecule has 0 radical (unpaired) electrons. The second-order valence-corrected chi connectivity index (χ2v) is 4.83. The molecule has 0 aliphatic carbocycles. The van der Waals surface area contributed by atoms with Gasteiger partial charge in [0.1, 0.15) is 11.5 Å². The molecule has 0 bridgehead atoms.